The number of hydrogen-bond acceptors (Lipinski definition) is 3. The van der Waals surface area contributed by atoms with Crippen molar-refractivity contribution in [1.29, 1.82) is 0 Å². The van der Waals surface area contributed by atoms with Crippen molar-refractivity contribution in [3.05, 3.63) is 23.7 Å². The van der Waals surface area contributed by atoms with Crippen LogP contribution in [0.3, 0.4) is 0 Å². The molecule has 5 nitrogen and oxygen atoms in total. The van der Waals surface area contributed by atoms with Gasteiger partial charge in [-0.2, -0.15) is 13.2 Å². The molecule has 1 aromatic heterocycles. The summed E-state index contributed by atoms with van der Waals surface area (Å²) in [6, 6.07) is 1.43. The summed E-state index contributed by atoms with van der Waals surface area (Å²) in [5, 5.41) is 10.2. The highest BCUT2D eigenvalue weighted by Gasteiger charge is 2.40. The first kappa shape index (κ1) is 14.1. The molecule has 0 spiro atoms. The lowest BCUT2D eigenvalue weighted by Gasteiger charge is -2.15. The van der Waals surface area contributed by atoms with Gasteiger partial charge in [-0.25, -0.2) is 0 Å². The van der Waals surface area contributed by atoms with E-state index in [9.17, 15) is 22.8 Å². The van der Waals surface area contributed by atoms with E-state index in [-0.39, 0.29) is 5.76 Å². The van der Waals surface area contributed by atoms with Gasteiger partial charge in [0.1, 0.15) is 11.5 Å². The molecule has 0 aliphatic carbocycles. The number of rotatable bonds is 4. The van der Waals surface area contributed by atoms with Crippen molar-refractivity contribution in [3.8, 4) is 0 Å². The van der Waals surface area contributed by atoms with Gasteiger partial charge in [-0.1, -0.05) is 0 Å². The SMILES string of the molecule is Cc1ccc(C(CC(=O)O)NC(=O)C(F)(F)F)o1. The van der Waals surface area contributed by atoms with Crippen molar-refractivity contribution >= 4 is 11.9 Å². The molecule has 0 saturated carbocycles. The van der Waals surface area contributed by atoms with Gasteiger partial charge in [0.05, 0.1) is 12.5 Å². The smallest absolute Gasteiger partial charge is 0.471 e. The summed E-state index contributed by atoms with van der Waals surface area (Å²) in [6.45, 7) is 1.55. The summed E-state index contributed by atoms with van der Waals surface area (Å²) in [6.07, 6.45) is -5.77. The molecular weight excluding hydrogens is 255 g/mol. The molecule has 0 bridgehead atoms. The van der Waals surface area contributed by atoms with Crippen LogP contribution in [0.1, 0.15) is 24.0 Å². The summed E-state index contributed by atoms with van der Waals surface area (Å²) < 4.78 is 41.2. The minimum atomic E-state index is -5.07. The number of amides is 1. The molecule has 100 valence electrons. The predicted octanol–water partition coefficient (Wildman–Crippen LogP) is 1.78. The quantitative estimate of drug-likeness (QED) is 0.869. The largest absolute Gasteiger partial charge is 0.481 e. The van der Waals surface area contributed by atoms with E-state index in [0.717, 1.165) is 0 Å². The lowest BCUT2D eigenvalue weighted by atomic mass is 10.1. The molecule has 0 aromatic carbocycles. The van der Waals surface area contributed by atoms with Crippen LogP contribution in [0.25, 0.3) is 0 Å². The maximum Gasteiger partial charge on any atom is 0.471 e. The van der Waals surface area contributed by atoms with E-state index in [1.165, 1.54) is 12.1 Å². The van der Waals surface area contributed by atoms with Crippen LogP contribution in [0.4, 0.5) is 13.2 Å². The lowest BCUT2D eigenvalue weighted by molar-refractivity contribution is -0.174. The Kier molecular flexibility index (Phi) is 4.00. The number of alkyl halides is 3. The summed E-state index contributed by atoms with van der Waals surface area (Å²) in [5.74, 6) is -3.19. The minimum absolute atomic E-state index is 0.0347. The maximum atomic E-state index is 12.1. The van der Waals surface area contributed by atoms with Crippen LogP contribution >= 0.6 is 0 Å². The number of aryl methyl sites for hydroxylation is 1. The molecular formula is C10H10F3NO4. The Morgan fingerprint density at radius 3 is 2.44 bits per heavy atom. The van der Waals surface area contributed by atoms with Gasteiger partial charge in [0.2, 0.25) is 0 Å². The molecule has 1 amide bonds. The fourth-order valence-electron chi connectivity index (χ4n) is 1.28. The third-order valence-electron chi connectivity index (χ3n) is 2.05. The summed E-state index contributed by atoms with van der Waals surface area (Å²) in [7, 11) is 0. The van der Waals surface area contributed by atoms with E-state index in [2.05, 4.69) is 0 Å². The van der Waals surface area contributed by atoms with Crippen molar-refractivity contribution in [2.45, 2.75) is 25.6 Å². The van der Waals surface area contributed by atoms with Crippen molar-refractivity contribution in [3.63, 3.8) is 0 Å². The minimum Gasteiger partial charge on any atom is -0.481 e. The number of nitrogens with one attached hydrogen (secondary N) is 1. The van der Waals surface area contributed by atoms with E-state index in [4.69, 9.17) is 9.52 Å². The second-order valence-corrected chi connectivity index (χ2v) is 3.57. The highest BCUT2D eigenvalue weighted by atomic mass is 19.4. The zero-order valence-electron chi connectivity index (χ0n) is 9.25. The number of hydrogen-bond donors (Lipinski definition) is 2. The van der Waals surface area contributed by atoms with Crippen LogP contribution in [0.15, 0.2) is 16.5 Å². The fraction of sp³-hybridized carbons (Fsp3) is 0.400. The van der Waals surface area contributed by atoms with E-state index < -0.39 is 30.5 Å². The number of aliphatic carboxylic acids is 1. The molecule has 1 atom stereocenters. The molecule has 2 N–H and O–H groups in total. The van der Waals surface area contributed by atoms with Crippen molar-refractivity contribution in [2.24, 2.45) is 0 Å². The monoisotopic (exact) mass is 265 g/mol. The van der Waals surface area contributed by atoms with Gasteiger partial charge in [-0.3, -0.25) is 9.59 Å². The Labute approximate surface area is 99.6 Å². The molecule has 0 aliphatic heterocycles. The molecule has 1 heterocycles. The Balaban J connectivity index is 2.86. The number of carbonyl (C=O) groups excluding carboxylic acids is 1. The highest BCUT2D eigenvalue weighted by molar-refractivity contribution is 5.82. The second kappa shape index (κ2) is 5.11. The first-order chi connectivity index (χ1) is 8.20. The van der Waals surface area contributed by atoms with E-state index in [1.807, 2.05) is 0 Å². The summed E-state index contributed by atoms with van der Waals surface area (Å²) >= 11 is 0. The van der Waals surface area contributed by atoms with Gasteiger partial charge in [-0.15, -0.1) is 0 Å². The Morgan fingerprint density at radius 1 is 1.44 bits per heavy atom. The third-order valence-corrected chi connectivity index (χ3v) is 2.05. The zero-order valence-corrected chi connectivity index (χ0v) is 9.25. The zero-order chi connectivity index (χ0) is 13.9. The van der Waals surface area contributed by atoms with Crippen LogP contribution in [0.5, 0.6) is 0 Å². The number of halogens is 3. The van der Waals surface area contributed by atoms with Gasteiger partial charge >= 0.3 is 18.1 Å². The third kappa shape index (κ3) is 3.79. The van der Waals surface area contributed by atoms with E-state index in [0.29, 0.717) is 5.76 Å². The Morgan fingerprint density at radius 2 is 2.06 bits per heavy atom. The average molecular weight is 265 g/mol. The van der Waals surface area contributed by atoms with Gasteiger partial charge < -0.3 is 14.8 Å². The van der Waals surface area contributed by atoms with Gasteiger partial charge in [0.25, 0.3) is 0 Å². The van der Waals surface area contributed by atoms with Crippen LogP contribution in [0.2, 0.25) is 0 Å². The summed E-state index contributed by atoms with van der Waals surface area (Å²) in [5.41, 5.74) is 0. The average Bonchev–Trinajstić information content (AvgIpc) is 2.61. The van der Waals surface area contributed by atoms with E-state index >= 15 is 0 Å². The number of carboxylic acid groups (broad SMARTS) is 1. The van der Waals surface area contributed by atoms with Crippen LogP contribution in [0, 0.1) is 6.92 Å². The van der Waals surface area contributed by atoms with Crippen molar-refractivity contribution in [1.82, 2.24) is 5.32 Å². The molecule has 0 radical (unpaired) electrons. The van der Waals surface area contributed by atoms with Crippen molar-refractivity contribution in [2.75, 3.05) is 0 Å². The summed E-state index contributed by atoms with van der Waals surface area (Å²) in [4.78, 5) is 21.3. The molecule has 1 unspecified atom stereocenters. The van der Waals surface area contributed by atoms with E-state index in [1.54, 1.807) is 12.2 Å². The number of furan rings is 1. The predicted molar refractivity (Wildman–Crippen MR) is 52.6 cm³/mol. The molecule has 0 saturated heterocycles. The van der Waals surface area contributed by atoms with Crippen LogP contribution in [-0.2, 0) is 9.59 Å². The number of carboxylic acids is 1. The Bertz CT molecular complexity index is 452. The first-order valence-corrected chi connectivity index (χ1v) is 4.86. The van der Waals surface area contributed by atoms with Crippen LogP contribution < -0.4 is 5.32 Å². The molecule has 1 rings (SSSR count). The molecule has 18 heavy (non-hydrogen) atoms. The normalized spacial score (nSPS) is 13.1. The number of carbonyl (C=O) groups is 2. The van der Waals surface area contributed by atoms with Gasteiger partial charge in [0, 0.05) is 0 Å². The molecule has 1 aromatic rings. The second-order valence-electron chi connectivity index (χ2n) is 3.57. The van der Waals surface area contributed by atoms with Crippen molar-refractivity contribution < 1.29 is 32.3 Å². The Hall–Kier alpha value is -1.99. The topological polar surface area (TPSA) is 79.5 Å². The van der Waals surface area contributed by atoms with Crippen LogP contribution in [-0.4, -0.2) is 23.2 Å². The lowest BCUT2D eigenvalue weighted by Crippen LogP contribution is -2.39. The standard InChI is InChI=1S/C10H10F3NO4/c1-5-2-3-7(18-5)6(4-8(15)16)14-9(17)10(11,12)13/h2-3,6H,4H2,1H3,(H,14,17)(H,15,16). The fourth-order valence-corrected chi connectivity index (χ4v) is 1.28. The highest BCUT2D eigenvalue weighted by Crippen LogP contribution is 2.22. The molecule has 0 fully saturated rings. The first-order valence-electron chi connectivity index (χ1n) is 4.86. The molecule has 8 heteroatoms. The van der Waals surface area contributed by atoms with Gasteiger partial charge in [-0.05, 0) is 19.1 Å². The van der Waals surface area contributed by atoms with Gasteiger partial charge in [0.15, 0.2) is 0 Å². The maximum absolute atomic E-state index is 12.1. The molecule has 0 aliphatic rings.